The van der Waals surface area contributed by atoms with Crippen molar-refractivity contribution in [2.45, 2.75) is 39.2 Å². The van der Waals surface area contributed by atoms with Crippen molar-refractivity contribution in [3.8, 4) is 0 Å². The minimum atomic E-state index is 0.987. The van der Waals surface area contributed by atoms with Gasteiger partial charge in [-0.2, -0.15) is 0 Å². The van der Waals surface area contributed by atoms with E-state index in [9.17, 15) is 0 Å². The highest BCUT2D eigenvalue weighted by molar-refractivity contribution is 5.73. The van der Waals surface area contributed by atoms with Crippen molar-refractivity contribution in [2.24, 2.45) is 0 Å². The summed E-state index contributed by atoms with van der Waals surface area (Å²) in [6.07, 6.45) is 5.07. The highest BCUT2D eigenvalue weighted by atomic mass is 15.4. The molecule has 0 saturated carbocycles. The fourth-order valence-corrected chi connectivity index (χ4v) is 1.77. The van der Waals surface area contributed by atoms with Crippen LogP contribution in [0.4, 0.5) is 0 Å². The molecule has 80 valence electrons. The summed E-state index contributed by atoms with van der Waals surface area (Å²) in [6.45, 7) is 3.21. The molecule has 3 heteroatoms. The summed E-state index contributed by atoms with van der Waals surface area (Å²) >= 11 is 0. The Labute approximate surface area is 90.1 Å². The molecule has 0 radical (unpaired) electrons. The van der Waals surface area contributed by atoms with Crippen LogP contribution in [-0.4, -0.2) is 15.0 Å². The second-order valence-electron chi connectivity index (χ2n) is 3.86. The van der Waals surface area contributed by atoms with E-state index in [4.69, 9.17) is 0 Å². The molecule has 1 aromatic carbocycles. The van der Waals surface area contributed by atoms with Gasteiger partial charge in [-0.05, 0) is 18.6 Å². The van der Waals surface area contributed by atoms with Crippen LogP contribution in [0.15, 0.2) is 24.3 Å². The van der Waals surface area contributed by atoms with Gasteiger partial charge in [-0.3, -0.25) is 0 Å². The zero-order valence-corrected chi connectivity index (χ0v) is 9.19. The second kappa shape index (κ2) is 4.91. The maximum atomic E-state index is 4.16. The van der Waals surface area contributed by atoms with Crippen LogP contribution in [0.3, 0.4) is 0 Å². The number of aromatic nitrogens is 3. The second-order valence-corrected chi connectivity index (χ2v) is 3.86. The number of fused-ring (bicyclic) bond motifs is 1. The first-order chi connectivity index (χ1) is 7.42. The molecule has 1 aromatic heterocycles. The number of nitrogens with zero attached hydrogens (tertiary/aromatic N) is 3. The lowest BCUT2D eigenvalue weighted by Crippen LogP contribution is -2.00. The van der Waals surface area contributed by atoms with Crippen LogP contribution in [0.25, 0.3) is 11.0 Å². The van der Waals surface area contributed by atoms with Crippen molar-refractivity contribution >= 4 is 11.0 Å². The number of unbranched alkanes of at least 4 members (excludes halogenated alkanes) is 3. The molecule has 0 saturated heterocycles. The Hall–Kier alpha value is -1.38. The number of hydrogen-bond acceptors (Lipinski definition) is 2. The molecule has 0 aliphatic rings. The molecular weight excluding hydrogens is 186 g/mol. The van der Waals surface area contributed by atoms with Gasteiger partial charge < -0.3 is 0 Å². The lowest BCUT2D eigenvalue weighted by molar-refractivity contribution is 0.539. The summed E-state index contributed by atoms with van der Waals surface area (Å²) in [4.78, 5) is 0. The van der Waals surface area contributed by atoms with E-state index in [1.165, 1.54) is 25.7 Å². The van der Waals surface area contributed by atoms with Gasteiger partial charge in [0.25, 0.3) is 0 Å². The predicted octanol–water partition coefficient (Wildman–Crippen LogP) is 3.01. The zero-order chi connectivity index (χ0) is 10.5. The molecule has 0 atom stereocenters. The number of para-hydroxylation sites is 1. The van der Waals surface area contributed by atoms with E-state index in [2.05, 4.69) is 23.3 Å². The Balaban J connectivity index is 2.02. The maximum absolute atomic E-state index is 4.16. The molecule has 0 aliphatic carbocycles. The summed E-state index contributed by atoms with van der Waals surface area (Å²) in [5.74, 6) is 0. The molecule has 0 spiro atoms. The van der Waals surface area contributed by atoms with E-state index in [1.54, 1.807) is 0 Å². The molecule has 0 amide bonds. The summed E-state index contributed by atoms with van der Waals surface area (Å²) in [5.41, 5.74) is 2.14. The third-order valence-electron chi connectivity index (χ3n) is 2.64. The molecule has 1 heterocycles. The third kappa shape index (κ3) is 2.35. The van der Waals surface area contributed by atoms with E-state index < -0.39 is 0 Å². The number of hydrogen-bond donors (Lipinski definition) is 0. The van der Waals surface area contributed by atoms with Crippen LogP contribution in [-0.2, 0) is 6.54 Å². The van der Waals surface area contributed by atoms with Crippen LogP contribution in [0.2, 0.25) is 0 Å². The summed E-state index contributed by atoms with van der Waals surface area (Å²) in [5, 5.41) is 8.29. The van der Waals surface area contributed by atoms with Crippen molar-refractivity contribution in [3.05, 3.63) is 24.3 Å². The summed E-state index contributed by atoms with van der Waals surface area (Å²) in [6, 6.07) is 8.12. The van der Waals surface area contributed by atoms with Gasteiger partial charge in [0.15, 0.2) is 0 Å². The lowest BCUT2D eigenvalue weighted by Gasteiger charge is -2.01. The molecule has 15 heavy (non-hydrogen) atoms. The van der Waals surface area contributed by atoms with Crippen molar-refractivity contribution in [3.63, 3.8) is 0 Å². The first-order valence-corrected chi connectivity index (χ1v) is 5.70. The van der Waals surface area contributed by atoms with Gasteiger partial charge in [-0.25, -0.2) is 4.68 Å². The molecule has 2 rings (SSSR count). The first kappa shape index (κ1) is 10.1. The minimum absolute atomic E-state index is 0.987. The van der Waals surface area contributed by atoms with Gasteiger partial charge in [0, 0.05) is 6.54 Å². The SMILES string of the molecule is CCCCCCn1nnc2ccccc21. The Bertz CT molecular complexity index is 419. The van der Waals surface area contributed by atoms with E-state index in [1.807, 2.05) is 22.9 Å². The van der Waals surface area contributed by atoms with Crippen LogP contribution >= 0.6 is 0 Å². The molecule has 0 N–H and O–H groups in total. The van der Waals surface area contributed by atoms with Crippen molar-refractivity contribution in [1.82, 2.24) is 15.0 Å². The topological polar surface area (TPSA) is 30.7 Å². The van der Waals surface area contributed by atoms with E-state index in [-0.39, 0.29) is 0 Å². The Morgan fingerprint density at radius 2 is 2.00 bits per heavy atom. The Morgan fingerprint density at radius 1 is 1.13 bits per heavy atom. The summed E-state index contributed by atoms with van der Waals surface area (Å²) in [7, 11) is 0. The largest absolute Gasteiger partial charge is 0.245 e. The minimum Gasteiger partial charge on any atom is -0.245 e. The highest BCUT2D eigenvalue weighted by Gasteiger charge is 2.01. The highest BCUT2D eigenvalue weighted by Crippen LogP contribution is 2.11. The van der Waals surface area contributed by atoms with E-state index in [0.717, 1.165) is 17.6 Å². The van der Waals surface area contributed by atoms with Crippen LogP contribution < -0.4 is 0 Å². The van der Waals surface area contributed by atoms with Gasteiger partial charge >= 0.3 is 0 Å². The summed E-state index contributed by atoms with van der Waals surface area (Å²) < 4.78 is 2.00. The maximum Gasteiger partial charge on any atom is 0.113 e. The van der Waals surface area contributed by atoms with Crippen LogP contribution in [0.1, 0.15) is 32.6 Å². The molecule has 2 aromatic rings. The van der Waals surface area contributed by atoms with Crippen LogP contribution in [0, 0.1) is 0 Å². The molecule has 0 bridgehead atoms. The standard InChI is InChI=1S/C12H17N3/c1-2-3-4-7-10-15-12-9-6-5-8-11(12)13-14-15/h5-6,8-9H,2-4,7,10H2,1H3. The monoisotopic (exact) mass is 203 g/mol. The fourth-order valence-electron chi connectivity index (χ4n) is 1.77. The van der Waals surface area contributed by atoms with Gasteiger partial charge in [0.1, 0.15) is 5.52 Å². The molecule has 3 nitrogen and oxygen atoms in total. The average Bonchev–Trinajstić information content (AvgIpc) is 2.68. The first-order valence-electron chi connectivity index (χ1n) is 5.70. The van der Waals surface area contributed by atoms with Gasteiger partial charge in [-0.1, -0.05) is 43.5 Å². The number of rotatable bonds is 5. The average molecular weight is 203 g/mol. The van der Waals surface area contributed by atoms with Gasteiger partial charge in [-0.15, -0.1) is 5.10 Å². The predicted molar refractivity (Wildman–Crippen MR) is 61.7 cm³/mol. The number of benzene rings is 1. The third-order valence-corrected chi connectivity index (χ3v) is 2.64. The van der Waals surface area contributed by atoms with Crippen molar-refractivity contribution in [1.29, 1.82) is 0 Å². The van der Waals surface area contributed by atoms with Crippen molar-refractivity contribution in [2.75, 3.05) is 0 Å². The van der Waals surface area contributed by atoms with Gasteiger partial charge in [0.05, 0.1) is 5.52 Å². The zero-order valence-electron chi connectivity index (χ0n) is 9.19. The molecule has 0 aliphatic heterocycles. The number of aryl methyl sites for hydroxylation is 1. The van der Waals surface area contributed by atoms with E-state index >= 15 is 0 Å². The molecule has 0 fully saturated rings. The molecular formula is C12H17N3. The Morgan fingerprint density at radius 3 is 2.87 bits per heavy atom. The van der Waals surface area contributed by atoms with Crippen molar-refractivity contribution < 1.29 is 0 Å². The normalized spacial score (nSPS) is 11.0. The van der Waals surface area contributed by atoms with E-state index in [0.29, 0.717) is 0 Å². The van der Waals surface area contributed by atoms with Gasteiger partial charge in [0.2, 0.25) is 0 Å². The smallest absolute Gasteiger partial charge is 0.113 e. The molecule has 0 unspecified atom stereocenters. The lowest BCUT2D eigenvalue weighted by atomic mass is 10.2. The Kier molecular flexibility index (Phi) is 3.33. The quantitative estimate of drug-likeness (QED) is 0.699. The van der Waals surface area contributed by atoms with Crippen LogP contribution in [0.5, 0.6) is 0 Å². The fraction of sp³-hybridized carbons (Fsp3) is 0.500.